The van der Waals surface area contributed by atoms with Crippen molar-refractivity contribution in [3.8, 4) is 10.6 Å². The molecule has 0 bridgehead atoms. The highest BCUT2D eigenvalue weighted by atomic mass is 32.1. The molecular weight excluding hydrogens is 342 g/mol. The van der Waals surface area contributed by atoms with Gasteiger partial charge in [-0.2, -0.15) is 0 Å². The molecule has 0 radical (unpaired) electrons. The molecule has 3 aromatic rings. The van der Waals surface area contributed by atoms with Gasteiger partial charge in [-0.15, -0.1) is 21.5 Å². The molecule has 0 aliphatic rings. The summed E-state index contributed by atoms with van der Waals surface area (Å²) >= 11 is 2.92. The van der Waals surface area contributed by atoms with Gasteiger partial charge >= 0.3 is 0 Å². The molecule has 1 N–H and O–H groups in total. The number of nitrogens with zero attached hydrogens (tertiary/aromatic N) is 4. The van der Waals surface area contributed by atoms with Crippen LogP contribution in [0.25, 0.3) is 10.6 Å². The lowest BCUT2D eigenvalue weighted by molar-refractivity contribution is -0.120. The highest BCUT2D eigenvalue weighted by Gasteiger charge is 2.20. The number of aromatic nitrogens is 3. The number of rotatable bonds is 6. The maximum Gasteiger partial charge on any atom is 0.243 e. The van der Waals surface area contributed by atoms with Gasteiger partial charge < -0.3 is 0 Å². The van der Waals surface area contributed by atoms with E-state index in [4.69, 9.17) is 0 Å². The maximum atomic E-state index is 12.2. The molecule has 1 amide bonds. The molecule has 0 aliphatic carbocycles. The average molecular weight is 359 g/mol. The number of nitrogens with one attached hydrogen (secondary N) is 1. The van der Waals surface area contributed by atoms with E-state index in [1.807, 2.05) is 54.6 Å². The molecule has 0 unspecified atom stereocenters. The normalized spacial score (nSPS) is 12.3. The lowest BCUT2D eigenvalue weighted by Crippen LogP contribution is -2.39. The Balaban J connectivity index is 1.61. The fraction of sp³-hybridized carbons (Fsp3) is 0.250. The third-order valence-electron chi connectivity index (χ3n) is 3.61. The molecule has 6 nitrogen and oxygen atoms in total. The van der Waals surface area contributed by atoms with Gasteiger partial charge in [-0.3, -0.25) is 15.0 Å². The topological polar surface area (TPSA) is 71.0 Å². The smallest absolute Gasteiger partial charge is 0.243 e. The summed E-state index contributed by atoms with van der Waals surface area (Å²) < 4.78 is 0. The van der Waals surface area contributed by atoms with Crippen molar-refractivity contribution in [1.29, 1.82) is 0 Å². The molecule has 0 saturated heterocycles. The summed E-state index contributed by atoms with van der Waals surface area (Å²) in [6.45, 7) is 2.47. The summed E-state index contributed by atoms with van der Waals surface area (Å²) in [7, 11) is 1.91. The van der Waals surface area contributed by atoms with E-state index in [9.17, 15) is 4.79 Å². The van der Waals surface area contributed by atoms with E-state index in [0.717, 1.165) is 16.3 Å². The first-order valence-electron chi connectivity index (χ1n) is 7.40. The molecular formula is C16H17N5OS2. The van der Waals surface area contributed by atoms with E-state index in [-0.39, 0.29) is 11.9 Å². The van der Waals surface area contributed by atoms with Crippen molar-refractivity contribution in [1.82, 2.24) is 20.1 Å². The summed E-state index contributed by atoms with van der Waals surface area (Å²) in [5.41, 5.74) is 3.65. The van der Waals surface area contributed by atoms with Crippen molar-refractivity contribution in [2.45, 2.75) is 19.5 Å². The van der Waals surface area contributed by atoms with Crippen molar-refractivity contribution in [2.75, 3.05) is 12.4 Å². The molecule has 3 rings (SSSR count). The lowest BCUT2D eigenvalue weighted by atomic mass is 10.2. The van der Waals surface area contributed by atoms with Gasteiger partial charge in [0, 0.05) is 17.5 Å². The lowest BCUT2D eigenvalue weighted by Gasteiger charge is -2.22. The van der Waals surface area contributed by atoms with Crippen LogP contribution in [0, 0.1) is 0 Å². The first kappa shape index (κ1) is 16.7. The second-order valence-corrected chi connectivity index (χ2v) is 7.03. The van der Waals surface area contributed by atoms with Crippen LogP contribution in [0.2, 0.25) is 0 Å². The van der Waals surface area contributed by atoms with E-state index < -0.39 is 0 Å². The Kier molecular flexibility index (Phi) is 5.29. The minimum atomic E-state index is -0.296. The van der Waals surface area contributed by atoms with Gasteiger partial charge in [-0.05, 0) is 14.0 Å². The zero-order chi connectivity index (χ0) is 16.9. The molecule has 0 saturated carbocycles. The largest absolute Gasteiger partial charge is 0.299 e. The highest BCUT2D eigenvalue weighted by Crippen LogP contribution is 2.24. The number of thiazole rings is 1. The second-order valence-electron chi connectivity index (χ2n) is 5.33. The summed E-state index contributed by atoms with van der Waals surface area (Å²) in [5, 5.41) is 13.8. The van der Waals surface area contributed by atoms with E-state index in [1.165, 1.54) is 11.3 Å². The molecule has 24 heavy (non-hydrogen) atoms. The predicted octanol–water partition coefficient (Wildman–Crippen LogP) is 3.12. The van der Waals surface area contributed by atoms with Crippen molar-refractivity contribution < 1.29 is 4.79 Å². The van der Waals surface area contributed by atoms with Gasteiger partial charge in [0.2, 0.25) is 11.0 Å². The van der Waals surface area contributed by atoms with Gasteiger partial charge in [0.15, 0.2) is 0 Å². The number of likely N-dealkylation sites (N-methyl/N-ethyl adjacent to an activating group) is 1. The Morgan fingerprint density at radius 2 is 2.08 bits per heavy atom. The molecule has 0 spiro atoms. The standard InChI is InChI=1S/C16H17N5OS2/c1-11(14(22)19-16-20-17-10-24-16)21(2)8-13-9-23-15(18-13)12-6-4-3-5-7-12/h3-7,9-11H,8H2,1-2H3,(H,19,20,22)/t11-/m0/s1. The van der Waals surface area contributed by atoms with Crippen molar-refractivity contribution in [3.05, 3.63) is 46.9 Å². The van der Waals surface area contributed by atoms with Crippen LogP contribution in [0.4, 0.5) is 5.13 Å². The van der Waals surface area contributed by atoms with E-state index >= 15 is 0 Å². The Morgan fingerprint density at radius 1 is 1.29 bits per heavy atom. The molecule has 2 heterocycles. The average Bonchev–Trinajstić information content (AvgIpc) is 3.27. The van der Waals surface area contributed by atoms with Crippen LogP contribution < -0.4 is 5.32 Å². The number of anilines is 1. The minimum absolute atomic E-state index is 0.104. The maximum absolute atomic E-state index is 12.2. The number of carbonyl (C=O) groups is 1. The number of hydrogen-bond donors (Lipinski definition) is 1. The number of hydrogen-bond acceptors (Lipinski definition) is 7. The molecule has 0 fully saturated rings. The molecule has 1 atom stereocenters. The number of amides is 1. The Bertz CT molecular complexity index is 788. The molecule has 1 aromatic carbocycles. The SMILES string of the molecule is C[C@@H](C(=O)Nc1nncs1)N(C)Cc1csc(-c2ccccc2)n1. The Labute approximate surface area is 148 Å². The van der Waals surface area contributed by atoms with Crippen molar-refractivity contribution >= 4 is 33.7 Å². The molecule has 124 valence electrons. The Hall–Kier alpha value is -2.16. The van der Waals surface area contributed by atoms with Crippen LogP contribution in [0.5, 0.6) is 0 Å². The quantitative estimate of drug-likeness (QED) is 0.732. The van der Waals surface area contributed by atoms with Gasteiger partial charge in [0.05, 0.1) is 11.7 Å². The highest BCUT2D eigenvalue weighted by molar-refractivity contribution is 7.13. The molecule has 0 aliphatic heterocycles. The fourth-order valence-corrected chi connectivity index (χ4v) is 3.39. The first-order chi connectivity index (χ1) is 11.6. The molecule has 2 aromatic heterocycles. The Morgan fingerprint density at radius 3 is 2.79 bits per heavy atom. The van der Waals surface area contributed by atoms with Crippen LogP contribution in [0.15, 0.2) is 41.2 Å². The van der Waals surface area contributed by atoms with Gasteiger partial charge in [-0.25, -0.2) is 4.98 Å². The van der Waals surface area contributed by atoms with E-state index in [1.54, 1.807) is 16.8 Å². The predicted molar refractivity (Wildman–Crippen MR) is 97.0 cm³/mol. The number of carbonyl (C=O) groups excluding carboxylic acids is 1. The van der Waals surface area contributed by atoms with Gasteiger partial charge in [0.1, 0.15) is 10.5 Å². The van der Waals surface area contributed by atoms with Crippen LogP contribution in [0.3, 0.4) is 0 Å². The third-order valence-corrected chi connectivity index (χ3v) is 5.16. The summed E-state index contributed by atoms with van der Waals surface area (Å²) in [6.07, 6.45) is 0. The third kappa shape index (κ3) is 4.02. The van der Waals surface area contributed by atoms with Crippen LogP contribution in [0.1, 0.15) is 12.6 Å². The zero-order valence-electron chi connectivity index (χ0n) is 13.3. The summed E-state index contributed by atoms with van der Waals surface area (Å²) in [5.74, 6) is -0.104. The van der Waals surface area contributed by atoms with Crippen LogP contribution in [-0.4, -0.2) is 39.1 Å². The van der Waals surface area contributed by atoms with Crippen LogP contribution in [-0.2, 0) is 11.3 Å². The van der Waals surface area contributed by atoms with Crippen molar-refractivity contribution in [3.63, 3.8) is 0 Å². The number of benzene rings is 1. The summed E-state index contributed by atoms with van der Waals surface area (Å²) in [6, 6.07) is 9.79. The van der Waals surface area contributed by atoms with Crippen LogP contribution >= 0.6 is 22.7 Å². The van der Waals surface area contributed by atoms with Gasteiger partial charge in [-0.1, -0.05) is 41.7 Å². The van der Waals surface area contributed by atoms with E-state index in [2.05, 4.69) is 20.5 Å². The fourth-order valence-electron chi connectivity index (χ4n) is 2.12. The van der Waals surface area contributed by atoms with Gasteiger partial charge in [0.25, 0.3) is 0 Å². The monoisotopic (exact) mass is 359 g/mol. The zero-order valence-corrected chi connectivity index (χ0v) is 15.0. The minimum Gasteiger partial charge on any atom is -0.299 e. The second kappa shape index (κ2) is 7.61. The van der Waals surface area contributed by atoms with Crippen molar-refractivity contribution in [2.24, 2.45) is 0 Å². The summed E-state index contributed by atoms with van der Waals surface area (Å²) in [4.78, 5) is 18.9. The van der Waals surface area contributed by atoms with E-state index in [0.29, 0.717) is 11.7 Å². The molecule has 8 heteroatoms. The first-order valence-corrected chi connectivity index (χ1v) is 9.16.